The molecular formula is C14H28N4OS. The van der Waals surface area contributed by atoms with E-state index in [0.29, 0.717) is 6.04 Å². The standard InChI is InChI=1S/C14H28N4OS/c1-15-14(16-5-3-11-20-2)18-6-4-13(12-18)17-7-9-19-10-8-17/h13H,3-12H2,1-2H3,(H,15,16). The molecule has 2 fully saturated rings. The van der Waals surface area contributed by atoms with Crippen LogP contribution in [0.2, 0.25) is 0 Å². The molecule has 2 aliphatic heterocycles. The summed E-state index contributed by atoms with van der Waals surface area (Å²) in [7, 11) is 1.89. The molecule has 0 aromatic rings. The van der Waals surface area contributed by atoms with Gasteiger partial charge in [0.1, 0.15) is 0 Å². The van der Waals surface area contributed by atoms with E-state index in [9.17, 15) is 0 Å². The quantitative estimate of drug-likeness (QED) is 0.460. The minimum Gasteiger partial charge on any atom is -0.379 e. The number of aliphatic imine (C=N–C) groups is 1. The molecule has 1 N–H and O–H groups in total. The normalized spacial score (nSPS) is 25.2. The molecule has 1 unspecified atom stereocenters. The van der Waals surface area contributed by atoms with Crippen molar-refractivity contribution in [3.63, 3.8) is 0 Å². The number of ether oxygens (including phenoxy) is 1. The van der Waals surface area contributed by atoms with Crippen LogP contribution in [0.25, 0.3) is 0 Å². The Morgan fingerprint density at radius 1 is 1.35 bits per heavy atom. The van der Waals surface area contributed by atoms with Crippen molar-refractivity contribution in [1.82, 2.24) is 15.1 Å². The molecule has 0 bridgehead atoms. The molecule has 0 aromatic carbocycles. The smallest absolute Gasteiger partial charge is 0.193 e. The summed E-state index contributed by atoms with van der Waals surface area (Å²) in [6.07, 6.45) is 4.59. The van der Waals surface area contributed by atoms with Crippen LogP contribution in [0.15, 0.2) is 4.99 Å². The van der Waals surface area contributed by atoms with Crippen molar-refractivity contribution >= 4 is 17.7 Å². The molecule has 1 atom stereocenters. The molecule has 5 nitrogen and oxygen atoms in total. The molecule has 0 saturated carbocycles. The molecule has 0 aliphatic carbocycles. The SMILES string of the molecule is CN=C(NCCCSC)N1CCC(N2CCOCC2)C1. The fourth-order valence-corrected chi connectivity index (χ4v) is 3.36. The Bertz CT molecular complexity index is 308. The van der Waals surface area contributed by atoms with Crippen molar-refractivity contribution < 1.29 is 4.74 Å². The van der Waals surface area contributed by atoms with E-state index in [1.54, 1.807) is 0 Å². The predicted molar refractivity (Wildman–Crippen MR) is 86.7 cm³/mol. The number of thioether (sulfide) groups is 1. The number of likely N-dealkylation sites (tertiary alicyclic amines) is 1. The fraction of sp³-hybridized carbons (Fsp3) is 0.929. The topological polar surface area (TPSA) is 40.1 Å². The molecular weight excluding hydrogens is 272 g/mol. The van der Waals surface area contributed by atoms with Gasteiger partial charge in [0.15, 0.2) is 5.96 Å². The van der Waals surface area contributed by atoms with Gasteiger partial charge in [0, 0.05) is 45.8 Å². The number of rotatable bonds is 5. The van der Waals surface area contributed by atoms with Crippen LogP contribution in [0.1, 0.15) is 12.8 Å². The van der Waals surface area contributed by atoms with Gasteiger partial charge in [-0.05, 0) is 24.9 Å². The average Bonchev–Trinajstić information content (AvgIpc) is 2.98. The van der Waals surface area contributed by atoms with Gasteiger partial charge in [0.25, 0.3) is 0 Å². The Labute approximate surface area is 127 Å². The molecule has 116 valence electrons. The summed E-state index contributed by atoms with van der Waals surface area (Å²) in [5.74, 6) is 2.28. The van der Waals surface area contributed by atoms with E-state index < -0.39 is 0 Å². The maximum atomic E-state index is 5.44. The first-order valence-corrected chi connectivity index (χ1v) is 9.01. The van der Waals surface area contributed by atoms with E-state index in [-0.39, 0.29) is 0 Å². The van der Waals surface area contributed by atoms with Gasteiger partial charge in [-0.2, -0.15) is 11.8 Å². The maximum Gasteiger partial charge on any atom is 0.193 e. The van der Waals surface area contributed by atoms with E-state index in [4.69, 9.17) is 4.74 Å². The number of hydrogen-bond acceptors (Lipinski definition) is 4. The van der Waals surface area contributed by atoms with Crippen molar-refractivity contribution in [3.05, 3.63) is 0 Å². The predicted octanol–water partition coefficient (Wildman–Crippen LogP) is 0.721. The fourth-order valence-electron chi connectivity index (χ4n) is 2.92. The van der Waals surface area contributed by atoms with Gasteiger partial charge >= 0.3 is 0 Å². The van der Waals surface area contributed by atoms with Crippen molar-refractivity contribution in [1.29, 1.82) is 0 Å². The molecule has 20 heavy (non-hydrogen) atoms. The van der Waals surface area contributed by atoms with Gasteiger partial charge in [-0.15, -0.1) is 0 Å². The first-order chi connectivity index (χ1) is 9.85. The van der Waals surface area contributed by atoms with Crippen molar-refractivity contribution in [2.45, 2.75) is 18.9 Å². The van der Waals surface area contributed by atoms with Crippen molar-refractivity contribution in [2.24, 2.45) is 4.99 Å². The summed E-state index contributed by atoms with van der Waals surface area (Å²) >= 11 is 1.90. The largest absolute Gasteiger partial charge is 0.379 e. The molecule has 2 rings (SSSR count). The Hall–Kier alpha value is -0.460. The Morgan fingerprint density at radius 3 is 2.85 bits per heavy atom. The summed E-state index contributed by atoms with van der Waals surface area (Å²) in [4.78, 5) is 9.40. The maximum absolute atomic E-state index is 5.44. The lowest BCUT2D eigenvalue weighted by molar-refractivity contribution is 0.0195. The van der Waals surface area contributed by atoms with Gasteiger partial charge in [-0.3, -0.25) is 9.89 Å². The third-order valence-electron chi connectivity index (χ3n) is 4.05. The Morgan fingerprint density at radius 2 is 2.15 bits per heavy atom. The zero-order valence-corrected chi connectivity index (χ0v) is 13.6. The highest BCUT2D eigenvalue weighted by molar-refractivity contribution is 7.98. The van der Waals surface area contributed by atoms with Crippen LogP contribution < -0.4 is 5.32 Å². The summed E-state index contributed by atoms with van der Waals surface area (Å²) in [5, 5.41) is 3.49. The number of hydrogen-bond donors (Lipinski definition) is 1. The van der Waals surface area contributed by atoms with Crippen LogP contribution >= 0.6 is 11.8 Å². The highest BCUT2D eigenvalue weighted by Crippen LogP contribution is 2.16. The lowest BCUT2D eigenvalue weighted by atomic mass is 10.2. The highest BCUT2D eigenvalue weighted by Gasteiger charge is 2.29. The van der Waals surface area contributed by atoms with Crippen LogP contribution in [-0.2, 0) is 4.74 Å². The molecule has 2 saturated heterocycles. The second-order valence-electron chi connectivity index (χ2n) is 5.36. The number of morpholine rings is 1. The van der Waals surface area contributed by atoms with E-state index in [1.807, 2.05) is 18.8 Å². The van der Waals surface area contributed by atoms with Gasteiger partial charge in [-0.25, -0.2) is 0 Å². The van der Waals surface area contributed by atoms with E-state index in [0.717, 1.165) is 51.9 Å². The van der Waals surface area contributed by atoms with Gasteiger partial charge < -0.3 is 15.0 Å². The molecule has 0 aromatic heterocycles. The van der Waals surface area contributed by atoms with Gasteiger partial charge in [0.2, 0.25) is 0 Å². The Kier molecular flexibility index (Phi) is 6.96. The minimum absolute atomic E-state index is 0.670. The van der Waals surface area contributed by atoms with Crippen LogP contribution in [0.5, 0.6) is 0 Å². The van der Waals surface area contributed by atoms with Crippen molar-refractivity contribution in [3.8, 4) is 0 Å². The molecule has 6 heteroatoms. The van der Waals surface area contributed by atoms with Gasteiger partial charge in [0.05, 0.1) is 13.2 Å². The highest BCUT2D eigenvalue weighted by atomic mass is 32.2. The summed E-state index contributed by atoms with van der Waals surface area (Å²) in [5.41, 5.74) is 0. The second kappa shape index (κ2) is 8.74. The van der Waals surface area contributed by atoms with E-state index >= 15 is 0 Å². The molecule has 2 aliphatic rings. The summed E-state index contributed by atoms with van der Waals surface area (Å²) < 4.78 is 5.44. The molecule has 2 heterocycles. The first kappa shape index (κ1) is 15.9. The second-order valence-corrected chi connectivity index (χ2v) is 6.34. The zero-order chi connectivity index (χ0) is 14.2. The van der Waals surface area contributed by atoms with E-state index in [1.165, 1.54) is 18.6 Å². The lowest BCUT2D eigenvalue weighted by Crippen LogP contribution is -2.46. The molecule has 0 radical (unpaired) electrons. The Balaban J connectivity index is 1.74. The van der Waals surface area contributed by atoms with Crippen LogP contribution in [0, 0.1) is 0 Å². The first-order valence-electron chi connectivity index (χ1n) is 7.61. The summed E-state index contributed by atoms with van der Waals surface area (Å²) in [6, 6.07) is 0.670. The number of guanidine groups is 1. The lowest BCUT2D eigenvalue weighted by Gasteiger charge is -2.32. The molecule has 0 amide bonds. The third-order valence-corrected chi connectivity index (χ3v) is 4.74. The van der Waals surface area contributed by atoms with Gasteiger partial charge in [-0.1, -0.05) is 0 Å². The van der Waals surface area contributed by atoms with Crippen LogP contribution in [-0.4, -0.2) is 86.8 Å². The van der Waals surface area contributed by atoms with Crippen LogP contribution in [0.4, 0.5) is 0 Å². The van der Waals surface area contributed by atoms with Crippen LogP contribution in [0.3, 0.4) is 0 Å². The molecule has 0 spiro atoms. The number of nitrogens with one attached hydrogen (secondary N) is 1. The zero-order valence-electron chi connectivity index (χ0n) is 12.8. The number of nitrogens with zero attached hydrogens (tertiary/aromatic N) is 3. The monoisotopic (exact) mass is 300 g/mol. The average molecular weight is 300 g/mol. The summed E-state index contributed by atoms with van der Waals surface area (Å²) in [6.45, 7) is 7.17. The minimum atomic E-state index is 0.670. The van der Waals surface area contributed by atoms with E-state index in [2.05, 4.69) is 26.4 Å². The third kappa shape index (κ3) is 4.53. The van der Waals surface area contributed by atoms with Crippen molar-refractivity contribution in [2.75, 3.05) is 65.0 Å².